The quantitative estimate of drug-likeness (QED) is 0.819. The fourth-order valence-electron chi connectivity index (χ4n) is 2.41. The van der Waals surface area contributed by atoms with E-state index < -0.39 is 23.5 Å². The standard InChI is InChI=1S/C11H16F3NO3/c12-11(13,14)9(18)15-7-10(6-8(16)17)4-2-1-3-5-10/h1-7H2,(H,15,18)(H,16,17). The van der Waals surface area contributed by atoms with Gasteiger partial charge in [0.2, 0.25) is 0 Å². The van der Waals surface area contributed by atoms with Crippen LogP contribution in [0.4, 0.5) is 13.2 Å². The number of halogens is 3. The monoisotopic (exact) mass is 267 g/mol. The Morgan fingerprint density at radius 3 is 2.17 bits per heavy atom. The van der Waals surface area contributed by atoms with E-state index in [4.69, 9.17) is 5.11 Å². The Hall–Kier alpha value is -1.27. The zero-order valence-electron chi connectivity index (χ0n) is 9.85. The van der Waals surface area contributed by atoms with Gasteiger partial charge in [0, 0.05) is 6.54 Å². The van der Waals surface area contributed by atoms with Crippen molar-refractivity contribution in [2.24, 2.45) is 5.41 Å². The van der Waals surface area contributed by atoms with Gasteiger partial charge in [-0.05, 0) is 18.3 Å². The Morgan fingerprint density at radius 2 is 1.72 bits per heavy atom. The molecular weight excluding hydrogens is 251 g/mol. The minimum atomic E-state index is -4.92. The molecule has 1 saturated carbocycles. The third-order valence-corrected chi connectivity index (χ3v) is 3.32. The first-order chi connectivity index (χ1) is 8.25. The number of carboxylic acid groups (broad SMARTS) is 1. The van der Waals surface area contributed by atoms with Crippen molar-refractivity contribution >= 4 is 11.9 Å². The Morgan fingerprint density at radius 1 is 1.17 bits per heavy atom. The van der Waals surface area contributed by atoms with Gasteiger partial charge in [-0.15, -0.1) is 0 Å². The number of amides is 1. The normalized spacial score (nSPS) is 19.3. The predicted molar refractivity (Wildman–Crippen MR) is 56.8 cm³/mol. The molecule has 0 bridgehead atoms. The number of hydrogen-bond donors (Lipinski definition) is 2. The summed E-state index contributed by atoms with van der Waals surface area (Å²) in [4.78, 5) is 21.5. The van der Waals surface area contributed by atoms with Gasteiger partial charge in [-0.3, -0.25) is 9.59 Å². The third kappa shape index (κ3) is 4.19. The van der Waals surface area contributed by atoms with Crippen molar-refractivity contribution in [3.63, 3.8) is 0 Å². The molecule has 1 aliphatic rings. The van der Waals surface area contributed by atoms with Gasteiger partial charge >= 0.3 is 18.1 Å². The van der Waals surface area contributed by atoms with E-state index in [1.54, 1.807) is 0 Å². The van der Waals surface area contributed by atoms with Crippen molar-refractivity contribution in [1.82, 2.24) is 5.32 Å². The highest BCUT2D eigenvalue weighted by Crippen LogP contribution is 2.38. The van der Waals surface area contributed by atoms with Crippen LogP contribution in [0.25, 0.3) is 0 Å². The van der Waals surface area contributed by atoms with Crippen LogP contribution in [0.15, 0.2) is 0 Å². The van der Waals surface area contributed by atoms with E-state index in [1.165, 1.54) is 0 Å². The first-order valence-corrected chi connectivity index (χ1v) is 5.82. The smallest absolute Gasteiger partial charge is 0.471 e. The fourth-order valence-corrected chi connectivity index (χ4v) is 2.41. The Balaban J connectivity index is 2.62. The van der Waals surface area contributed by atoms with E-state index in [0.717, 1.165) is 19.3 Å². The van der Waals surface area contributed by atoms with Gasteiger partial charge in [0.15, 0.2) is 0 Å². The maximum Gasteiger partial charge on any atom is 0.471 e. The van der Waals surface area contributed by atoms with E-state index in [9.17, 15) is 22.8 Å². The van der Waals surface area contributed by atoms with Crippen LogP contribution in [0, 0.1) is 5.41 Å². The maximum absolute atomic E-state index is 12.1. The zero-order valence-corrected chi connectivity index (χ0v) is 9.85. The van der Waals surface area contributed by atoms with Gasteiger partial charge in [0.25, 0.3) is 0 Å². The van der Waals surface area contributed by atoms with Gasteiger partial charge in [0.05, 0.1) is 6.42 Å². The molecule has 1 fully saturated rings. The lowest BCUT2D eigenvalue weighted by atomic mass is 9.71. The van der Waals surface area contributed by atoms with Crippen molar-refractivity contribution in [3.05, 3.63) is 0 Å². The van der Waals surface area contributed by atoms with Crippen LogP contribution in [-0.2, 0) is 9.59 Å². The lowest BCUT2D eigenvalue weighted by Gasteiger charge is -2.36. The Bertz CT molecular complexity index is 322. The SMILES string of the molecule is O=C(O)CC1(CNC(=O)C(F)(F)F)CCCCC1. The molecule has 0 heterocycles. The van der Waals surface area contributed by atoms with Crippen molar-refractivity contribution in [2.75, 3.05) is 6.54 Å². The molecular formula is C11H16F3NO3. The zero-order chi connectivity index (χ0) is 13.8. The van der Waals surface area contributed by atoms with Crippen LogP contribution in [0.2, 0.25) is 0 Å². The summed E-state index contributed by atoms with van der Waals surface area (Å²) in [6, 6.07) is 0. The molecule has 7 heteroatoms. The maximum atomic E-state index is 12.1. The Kier molecular flexibility index (Phi) is 4.59. The van der Waals surface area contributed by atoms with Gasteiger partial charge < -0.3 is 10.4 Å². The summed E-state index contributed by atoms with van der Waals surface area (Å²) >= 11 is 0. The van der Waals surface area contributed by atoms with Gasteiger partial charge in [-0.2, -0.15) is 13.2 Å². The average Bonchev–Trinajstić information content (AvgIpc) is 2.25. The first-order valence-electron chi connectivity index (χ1n) is 5.82. The van der Waals surface area contributed by atoms with E-state index in [2.05, 4.69) is 0 Å². The summed E-state index contributed by atoms with van der Waals surface area (Å²) in [5.41, 5.74) is -0.731. The molecule has 1 aliphatic carbocycles. The van der Waals surface area contributed by atoms with Gasteiger partial charge in [-0.25, -0.2) is 0 Å². The molecule has 0 aliphatic heterocycles. The lowest BCUT2D eigenvalue weighted by Crippen LogP contribution is -2.45. The molecule has 0 spiro atoms. The fraction of sp³-hybridized carbons (Fsp3) is 0.818. The van der Waals surface area contributed by atoms with Crippen LogP contribution >= 0.6 is 0 Å². The van der Waals surface area contributed by atoms with E-state index >= 15 is 0 Å². The van der Waals surface area contributed by atoms with Crippen LogP contribution in [0.1, 0.15) is 38.5 Å². The predicted octanol–water partition coefficient (Wildman–Crippen LogP) is 2.09. The highest BCUT2D eigenvalue weighted by molar-refractivity contribution is 5.81. The minimum Gasteiger partial charge on any atom is -0.481 e. The number of nitrogens with one attached hydrogen (secondary N) is 1. The number of carbonyl (C=O) groups excluding carboxylic acids is 1. The molecule has 0 radical (unpaired) electrons. The molecule has 0 aromatic rings. The molecule has 0 aromatic carbocycles. The van der Waals surface area contributed by atoms with Gasteiger partial charge in [0.1, 0.15) is 0 Å². The van der Waals surface area contributed by atoms with E-state index in [-0.39, 0.29) is 13.0 Å². The molecule has 104 valence electrons. The molecule has 0 aromatic heterocycles. The summed E-state index contributed by atoms with van der Waals surface area (Å²) in [5.74, 6) is -3.05. The number of carbonyl (C=O) groups is 2. The van der Waals surface area contributed by atoms with E-state index in [0.29, 0.717) is 12.8 Å². The van der Waals surface area contributed by atoms with E-state index in [1.807, 2.05) is 5.32 Å². The number of alkyl halides is 3. The highest BCUT2D eigenvalue weighted by atomic mass is 19.4. The van der Waals surface area contributed by atoms with Crippen molar-refractivity contribution in [2.45, 2.75) is 44.7 Å². The second kappa shape index (κ2) is 5.58. The second-order valence-electron chi connectivity index (χ2n) is 4.81. The molecule has 0 saturated heterocycles. The Labute approximate surface area is 103 Å². The van der Waals surface area contributed by atoms with Crippen LogP contribution in [0.3, 0.4) is 0 Å². The molecule has 18 heavy (non-hydrogen) atoms. The lowest BCUT2D eigenvalue weighted by molar-refractivity contribution is -0.174. The largest absolute Gasteiger partial charge is 0.481 e. The summed E-state index contributed by atoms with van der Waals surface area (Å²) < 4.78 is 36.2. The number of rotatable bonds is 4. The summed E-state index contributed by atoms with van der Waals surface area (Å²) in [6.45, 7) is -0.225. The number of aliphatic carboxylic acids is 1. The highest BCUT2D eigenvalue weighted by Gasteiger charge is 2.41. The topological polar surface area (TPSA) is 66.4 Å². The molecule has 1 amide bonds. The average molecular weight is 267 g/mol. The van der Waals surface area contributed by atoms with Crippen LogP contribution < -0.4 is 5.32 Å². The van der Waals surface area contributed by atoms with Crippen molar-refractivity contribution < 1.29 is 27.9 Å². The molecule has 0 unspecified atom stereocenters. The summed E-state index contributed by atoms with van der Waals surface area (Å²) in [7, 11) is 0. The summed E-state index contributed by atoms with van der Waals surface area (Å²) in [6.07, 6.45) is -1.52. The second-order valence-corrected chi connectivity index (χ2v) is 4.81. The third-order valence-electron chi connectivity index (χ3n) is 3.32. The van der Waals surface area contributed by atoms with Crippen molar-refractivity contribution in [1.29, 1.82) is 0 Å². The molecule has 0 atom stereocenters. The molecule has 4 nitrogen and oxygen atoms in total. The molecule has 2 N–H and O–H groups in total. The van der Waals surface area contributed by atoms with Crippen LogP contribution in [-0.4, -0.2) is 29.7 Å². The first kappa shape index (κ1) is 14.8. The van der Waals surface area contributed by atoms with Crippen LogP contribution in [0.5, 0.6) is 0 Å². The number of carboxylic acids is 1. The minimum absolute atomic E-state index is 0.203. The summed E-state index contributed by atoms with van der Waals surface area (Å²) in [5, 5.41) is 10.6. The number of hydrogen-bond acceptors (Lipinski definition) is 2. The molecule has 1 rings (SSSR count). The van der Waals surface area contributed by atoms with Crippen molar-refractivity contribution in [3.8, 4) is 0 Å². The van der Waals surface area contributed by atoms with Gasteiger partial charge in [-0.1, -0.05) is 19.3 Å².